The molecule has 2 aromatic carbocycles. The predicted octanol–water partition coefficient (Wildman–Crippen LogP) is 4.46. The third kappa shape index (κ3) is 2.90. The number of nitrogens with one attached hydrogen (secondary N) is 1. The lowest BCUT2D eigenvalue weighted by molar-refractivity contribution is 0.0941. The summed E-state index contributed by atoms with van der Waals surface area (Å²) >= 11 is 3.35. The fraction of sp³-hybridized carbons (Fsp3) is 0.0588. The number of anilines is 1. The number of aromatic nitrogens is 1. The minimum atomic E-state index is -0.464. The van der Waals surface area contributed by atoms with Crippen molar-refractivity contribution in [3.05, 3.63) is 64.5 Å². The van der Waals surface area contributed by atoms with Crippen LogP contribution in [0.1, 0.15) is 22.1 Å². The van der Waals surface area contributed by atoms with Gasteiger partial charge in [-0.15, -0.1) is 0 Å². The molecule has 116 valence electrons. The lowest BCUT2D eigenvalue weighted by Gasteiger charge is -2.06. The predicted molar refractivity (Wildman–Crippen MR) is 90.3 cm³/mol. The molecule has 0 atom stereocenters. The highest BCUT2D eigenvalue weighted by Gasteiger charge is 2.18. The van der Waals surface area contributed by atoms with Crippen LogP contribution in [-0.2, 0) is 0 Å². The summed E-state index contributed by atoms with van der Waals surface area (Å²) in [5, 5.41) is 3.15. The van der Waals surface area contributed by atoms with Gasteiger partial charge in [-0.1, -0.05) is 12.1 Å². The third-order valence-electron chi connectivity index (χ3n) is 3.47. The van der Waals surface area contributed by atoms with Crippen LogP contribution in [0.15, 0.2) is 53.1 Å². The second kappa shape index (κ2) is 5.96. The van der Waals surface area contributed by atoms with E-state index < -0.39 is 11.7 Å². The minimum Gasteiger partial charge on any atom is -0.321 e. The molecule has 0 saturated heterocycles. The zero-order valence-corrected chi connectivity index (χ0v) is 13.7. The third-order valence-corrected chi connectivity index (χ3v) is 4.16. The Bertz CT molecular complexity index is 933. The molecule has 6 heteroatoms. The molecule has 0 saturated carbocycles. The highest BCUT2D eigenvalue weighted by molar-refractivity contribution is 9.10. The average molecular weight is 375 g/mol. The van der Waals surface area contributed by atoms with Gasteiger partial charge in [0.2, 0.25) is 5.91 Å². The van der Waals surface area contributed by atoms with Gasteiger partial charge in [0, 0.05) is 23.0 Å². The zero-order valence-electron chi connectivity index (χ0n) is 12.1. The van der Waals surface area contributed by atoms with Gasteiger partial charge in [0.1, 0.15) is 5.82 Å². The van der Waals surface area contributed by atoms with Crippen LogP contribution in [0, 0.1) is 5.82 Å². The lowest BCUT2D eigenvalue weighted by Crippen LogP contribution is -2.12. The Hall–Kier alpha value is -2.47. The van der Waals surface area contributed by atoms with Crippen LogP contribution in [0.2, 0.25) is 0 Å². The van der Waals surface area contributed by atoms with Crippen molar-refractivity contribution in [1.82, 2.24) is 4.57 Å². The molecule has 0 aliphatic rings. The summed E-state index contributed by atoms with van der Waals surface area (Å²) in [5.41, 5.74) is 1.33. The molecule has 0 radical (unpaired) electrons. The minimum absolute atomic E-state index is 0.241. The quantitative estimate of drug-likeness (QED) is 0.719. The number of amides is 1. The Morgan fingerprint density at radius 3 is 2.61 bits per heavy atom. The summed E-state index contributed by atoms with van der Waals surface area (Å²) in [6.45, 7) is 1.39. The second-order valence-corrected chi connectivity index (χ2v) is 5.88. The van der Waals surface area contributed by atoms with Crippen LogP contribution in [-0.4, -0.2) is 16.4 Å². The number of nitrogens with zero attached hydrogens (tertiary/aromatic N) is 1. The topological polar surface area (TPSA) is 51.1 Å². The van der Waals surface area contributed by atoms with Crippen molar-refractivity contribution in [3.8, 4) is 0 Å². The monoisotopic (exact) mass is 374 g/mol. The average Bonchev–Trinajstić information content (AvgIpc) is 2.88. The number of carbonyl (C=O) groups is 2. The van der Waals surface area contributed by atoms with Gasteiger partial charge in [-0.05, 0) is 46.3 Å². The van der Waals surface area contributed by atoms with E-state index >= 15 is 0 Å². The fourth-order valence-corrected chi connectivity index (χ4v) is 2.78. The first-order chi connectivity index (χ1) is 11.0. The lowest BCUT2D eigenvalue weighted by atomic mass is 10.1. The summed E-state index contributed by atoms with van der Waals surface area (Å²) in [7, 11) is 0. The smallest absolute Gasteiger partial charge is 0.257 e. The molecule has 3 aromatic rings. The molecule has 1 amide bonds. The van der Waals surface area contributed by atoms with E-state index in [0.717, 1.165) is 4.47 Å². The molecule has 0 fully saturated rings. The highest BCUT2D eigenvalue weighted by Crippen LogP contribution is 2.26. The Morgan fingerprint density at radius 1 is 1.17 bits per heavy atom. The van der Waals surface area contributed by atoms with E-state index in [0.29, 0.717) is 16.6 Å². The van der Waals surface area contributed by atoms with Crippen LogP contribution < -0.4 is 5.32 Å². The van der Waals surface area contributed by atoms with Crippen molar-refractivity contribution in [2.75, 3.05) is 5.32 Å². The number of rotatable bonds is 2. The molecule has 23 heavy (non-hydrogen) atoms. The van der Waals surface area contributed by atoms with E-state index in [1.54, 1.807) is 18.2 Å². The fourth-order valence-electron chi connectivity index (χ4n) is 2.40. The Labute approximate surface area is 140 Å². The first-order valence-electron chi connectivity index (χ1n) is 6.85. The first-order valence-corrected chi connectivity index (χ1v) is 7.64. The molecule has 0 unspecified atom stereocenters. The summed E-state index contributed by atoms with van der Waals surface area (Å²) in [6.07, 6.45) is 1.43. The van der Waals surface area contributed by atoms with Crippen molar-refractivity contribution in [1.29, 1.82) is 0 Å². The van der Waals surface area contributed by atoms with Crippen LogP contribution in [0.5, 0.6) is 0 Å². The molecule has 3 rings (SSSR count). The van der Waals surface area contributed by atoms with Gasteiger partial charge in [-0.2, -0.15) is 0 Å². The molecule has 4 nitrogen and oxygen atoms in total. The summed E-state index contributed by atoms with van der Waals surface area (Å²) in [5.74, 6) is -1.12. The molecule has 1 heterocycles. The van der Waals surface area contributed by atoms with Gasteiger partial charge in [-0.25, -0.2) is 4.39 Å². The van der Waals surface area contributed by atoms with Gasteiger partial charge in [0.05, 0.1) is 16.8 Å². The number of carbonyl (C=O) groups excluding carboxylic acids is 2. The Morgan fingerprint density at radius 2 is 1.91 bits per heavy atom. The van der Waals surface area contributed by atoms with E-state index in [1.807, 2.05) is 6.07 Å². The van der Waals surface area contributed by atoms with E-state index in [2.05, 4.69) is 21.2 Å². The van der Waals surface area contributed by atoms with Gasteiger partial charge in [0.15, 0.2) is 0 Å². The Balaban J connectivity index is 2.08. The largest absolute Gasteiger partial charge is 0.321 e. The van der Waals surface area contributed by atoms with Gasteiger partial charge in [-0.3, -0.25) is 14.2 Å². The maximum absolute atomic E-state index is 13.5. The normalized spacial score (nSPS) is 10.7. The van der Waals surface area contributed by atoms with Gasteiger partial charge in [0.25, 0.3) is 5.91 Å². The SMILES string of the molecule is CC(=O)n1cc(C(=O)Nc2ccccc2Br)c2cc(F)ccc21. The van der Waals surface area contributed by atoms with Crippen molar-refractivity contribution in [2.24, 2.45) is 0 Å². The maximum atomic E-state index is 13.5. The van der Waals surface area contributed by atoms with Crippen LogP contribution >= 0.6 is 15.9 Å². The van der Waals surface area contributed by atoms with E-state index in [9.17, 15) is 14.0 Å². The van der Waals surface area contributed by atoms with Crippen LogP contribution in [0.25, 0.3) is 10.9 Å². The number of hydrogen-bond acceptors (Lipinski definition) is 2. The molecule has 0 bridgehead atoms. The Kier molecular flexibility index (Phi) is 4.00. The molecule has 0 spiro atoms. The molecule has 1 aromatic heterocycles. The molecule has 0 aliphatic carbocycles. The summed E-state index contributed by atoms with van der Waals surface area (Å²) in [6, 6.07) is 11.2. The second-order valence-electron chi connectivity index (χ2n) is 5.03. The zero-order chi connectivity index (χ0) is 16.6. The number of benzene rings is 2. The standard InChI is InChI=1S/C17H12BrFN2O2/c1-10(22)21-9-13(12-8-11(19)6-7-16(12)21)17(23)20-15-5-3-2-4-14(15)18/h2-9H,1H3,(H,20,23). The molecular formula is C17H12BrFN2O2. The number of para-hydroxylation sites is 1. The summed E-state index contributed by atoms with van der Waals surface area (Å²) in [4.78, 5) is 24.3. The number of fused-ring (bicyclic) bond motifs is 1. The first kappa shape index (κ1) is 15.4. The number of halogens is 2. The van der Waals surface area contributed by atoms with Crippen molar-refractivity contribution in [3.63, 3.8) is 0 Å². The van der Waals surface area contributed by atoms with Gasteiger partial charge >= 0.3 is 0 Å². The number of hydrogen-bond donors (Lipinski definition) is 1. The van der Waals surface area contributed by atoms with E-state index in [4.69, 9.17) is 0 Å². The summed E-state index contributed by atoms with van der Waals surface area (Å²) < 4.78 is 15.6. The van der Waals surface area contributed by atoms with Crippen LogP contribution in [0.3, 0.4) is 0 Å². The molecular weight excluding hydrogens is 363 g/mol. The molecule has 0 aliphatic heterocycles. The maximum Gasteiger partial charge on any atom is 0.257 e. The van der Waals surface area contributed by atoms with Crippen LogP contribution in [0.4, 0.5) is 10.1 Å². The van der Waals surface area contributed by atoms with E-state index in [1.165, 1.54) is 35.9 Å². The van der Waals surface area contributed by atoms with Crippen molar-refractivity contribution < 1.29 is 14.0 Å². The van der Waals surface area contributed by atoms with Crippen molar-refractivity contribution in [2.45, 2.75) is 6.92 Å². The van der Waals surface area contributed by atoms with Gasteiger partial charge < -0.3 is 5.32 Å². The highest BCUT2D eigenvalue weighted by atomic mass is 79.9. The van der Waals surface area contributed by atoms with Crippen molar-refractivity contribution >= 4 is 44.3 Å². The van der Waals surface area contributed by atoms with E-state index in [-0.39, 0.29) is 11.5 Å². The molecule has 1 N–H and O–H groups in total.